The van der Waals surface area contributed by atoms with Gasteiger partial charge in [0.05, 0.1) is 13.3 Å². The van der Waals surface area contributed by atoms with Gasteiger partial charge in [0, 0.05) is 6.54 Å². The van der Waals surface area contributed by atoms with Crippen molar-refractivity contribution in [3.8, 4) is 0 Å². The van der Waals surface area contributed by atoms with Gasteiger partial charge in [-0.1, -0.05) is 27.4 Å². The van der Waals surface area contributed by atoms with Gasteiger partial charge in [0.25, 0.3) is 0 Å². The average molecular weight is 399 g/mol. The fourth-order valence-corrected chi connectivity index (χ4v) is 3.16. The zero-order chi connectivity index (χ0) is 18.0. The van der Waals surface area contributed by atoms with Gasteiger partial charge in [-0.05, 0) is 33.3 Å². The molecular formula is C16H23BrN4O3. The molecule has 132 valence electrons. The Balaban J connectivity index is 2.30. The van der Waals surface area contributed by atoms with E-state index in [1.165, 1.54) is 7.11 Å². The van der Waals surface area contributed by atoms with Crippen molar-refractivity contribution in [3.63, 3.8) is 0 Å². The van der Waals surface area contributed by atoms with E-state index in [-0.39, 0.29) is 23.8 Å². The third-order valence-corrected chi connectivity index (χ3v) is 4.67. The summed E-state index contributed by atoms with van der Waals surface area (Å²) >= 11 is 3.34. The van der Waals surface area contributed by atoms with Crippen molar-refractivity contribution in [3.05, 3.63) is 28.8 Å². The molecule has 3 unspecified atom stereocenters. The number of H-pyrrole nitrogens is 1. The summed E-state index contributed by atoms with van der Waals surface area (Å²) in [6, 6.07) is -1.00. The number of nitrogens with one attached hydrogen (secondary N) is 2. The standard InChI is InChI=1S/C16H23BrN4O3/c1-8(2)12(20-16(23)24-5)15(22)21-7-9(3)10(4)13(21)14-18-6-11(17)19-14/h6,8-9,12-13H,4,7H2,1-3,5H3,(H,18,19)(H,20,23). The Labute approximate surface area is 150 Å². The summed E-state index contributed by atoms with van der Waals surface area (Å²) in [5.41, 5.74) is 0.922. The van der Waals surface area contributed by atoms with Gasteiger partial charge in [-0.15, -0.1) is 0 Å². The number of nitrogens with zero attached hydrogens (tertiary/aromatic N) is 2. The SMILES string of the molecule is C=C1C(C)CN(C(=O)C(NC(=O)OC)C(C)C)C1c1ncc(Br)[nH]1. The molecule has 0 aliphatic carbocycles. The Bertz CT molecular complexity index is 643. The van der Waals surface area contributed by atoms with Crippen LogP contribution >= 0.6 is 15.9 Å². The van der Waals surface area contributed by atoms with Crippen molar-refractivity contribution in [1.82, 2.24) is 20.2 Å². The van der Waals surface area contributed by atoms with E-state index in [0.717, 1.165) is 10.2 Å². The van der Waals surface area contributed by atoms with Crippen LogP contribution in [0.25, 0.3) is 0 Å². The van der Waals surface area contributed by atoms with E-state index >= 15 is 0 Å². The first-order chi connectivity index (χ1) is 11.3. The van der Waals surface area contributed by atoms with Crippen LogP contribution in [0, 0.1) is 11.8 Å². The Morgan fingerprint density at radius 1 is 1.54 bits per heavy atom. The van der Waals surface area contributed by atoms with Crippen LogP contribution in [-0.2, 0) is 9.53 Å². The largest absolute Gasteiger partial charge is 0.453 e. The molecule has 0 radical (unpaired) electrons. The summed E-state index contributed by atoms with van der Waals surface area (Å²) < 4.78 is 5.38. The highest BCUT2D eigenvalue weighted by Crippen LogP contribution is 2.38. The molecule has 0 spiro atoms. The van der Waals surface area contributed by atoms with E-state index in [1.54, 1.807) is 11.1 Å². The summed E-state index contributed by atoms with van der Waals surface area (Å²) in [4.78, 5) is 33.8. The predicted octanol–water partition coefficient (Wildman–Crippen LogP) is 2.63. The number of carbonyl (C=O) groups excluding carboxylic acids is 2. The maximum absolute atomic E-state index is 13.1. The number of aromatic amines is 1. The molecule has 0 bridgehead atoms. The highest BCUT2D eigenvalue weighted by Gasteiger charge is 2.42. The molecule has 3 atom stereocenters. The van der Waals surface area contributed by atoms with Crippen LogP contribution in [0.2, 0.25) is 0 Å². The molecule has 1 aromatic heterocycles. The average Bonchev–Trinajstić information content (AvgIpc) is 3.07. The van der Waals surface area contributed by atoms with Crippen LogP contribution in [0.4, 0.5) is 4.79 Å². The van der Waals surface area contributed by atoms with E-state index in [2.05, 4.69) is 42.5 Å². The predicted molar refractivity (Wildman–Crippen MR) is 93.2 cm³/mol. The molecule has 2 heterocycles. The number of rotatable bonds is 4. The molecule has 1 fully saturated rings. The number of aromatic nitrogens is 2. The molecule has 2 rings (SSSR count). The van der Waals surface area contributed by atoms with Crippen LogP contribution in [0.15, 0.2) is 23.0 Å². The molecule has 24 heavy (non-hydrogen) atoms. The Kier molecular flexibility index (Phi) is 5.69. The monoisotopic (exact) mass is 398 g/mol. The smallest absolute Gasteiger partial charge is 0.407 e. The second kappa shape index (κ2) is 7.38. The van der Waals surface area contributed by atoms with Gasteiger partial charge in [-0.2, -0.15) is 0 Å². The number of likely N-dealkylation sites (tertiary alicyclic amines) is 1. The van der Waals surface area contributed by atoms with Gasteiger partial charge in [0.15, 0.2) is 0 Å². The van der Waals surface area contributed by atoms with Crippen molar-refractivity contribution < 1.29 is 14.3 Å². The zero-order valence-corrected chi connectivity index (χ0v) is 15.9. The van der Waals surface area contributed by atoms with E-state index in [4.69, 9.17) is 0 Å². The van der Waals surface area contributed by atoms with Gasteiger partial charge in [-0.25, -0.2) is 9.78 Å². The van der Waals surface area contributed by atoms with Crippen molar-refractivity contribution in [1.29, 1.82) is 0 Å². The Hall–Kier alpha value is -1.83. The fourth-order valence-electron chi connectivity index (χ4n) is 2.86. The normalized spacial score (nSPS) is 21.9. The third-order valence-electron chi connectivity index (χ3n) is 4.26. The molecular weight excluding hydrogens is 376 g/mol. The van der Waals surface area contributed by atoms with Crippen LogP contribution in [0.1, 0.15) is 32.6 Å². The van der Waals surface area contributed by atoms with Crippen molar-refractivity contribution in [2.45, 2.75) is 32.9 Å². The van der Waals surface area contributed by atoms with Gasteiger partial charge in [0.1, 0.15) is 22.5 Å². The first-order valence-electron chi connectivity index (χ1n) is 7.80. The highest BCUT2D eigenvalue weighted by molar-refractivity contribution is 9.10. The summed E-state index contributed by atoms with van der Waals surface area (Å²) in [5, 5.41) is 2.63. The lowest BCUT2D eigenvalue weighted by atomic mass is 10.0. The Morgan fingerprint density at radius 2 is 2.21 bits per heavy atom. The minimum absolute atomic E-state index is 0.0789. The number of carbonyl (C=O) groups is 2. The molecule has 0 aromatic carbocycles. The zero-order valence-electron chi connectivity index (χ0n) is 14.3. The quantitative estimate of drug-likeness (QED) is 0.763. The first kappa shape index (κ1) is 18.5. The Morgan fingerprint density at radius 3 is 2.71 bits per heavy atom. The van der Waals surface area contributed by atoms with Gasteiger partial charge in [0.2, 0.25) is 5.91 Å². The first-order valence-corrected chi connectivity index (χ1v) is 8.59. The number of halogens is 1. The number of amides is 2. The fraction of sp³-hybridized carbons (Fsp3) is 0.562. The molecule has 1 aliphatic heterocycles. The molecule has 1 saturated heterocycles. The molecule has 1 aromatic rings. The summed E-state index contributed by atoms with van der Waals surface area (Å²) in [6.45, 7) is 10.5. The minimum Gasteiger partial charge on any atom is -0.453 e. The van der Waals surface area contributed by atoms with Gasteiger partial charge >= 0.3 is 6.09 Å². The van der Waals surface area contributed by atoms with E-state index in [0.29, 0.717) is 12.4 Å². The number of ether oxygens (including phenoxy) is 1. The molecule has 2 N–H and O–H groups in total. The lowest BCUT2D eigenvalue weighted by Gasteiger charge is -2.30. The van der Waals surface area contributed by atoms with Gasteiger partial charge < -0.3 is 19.9 Å². The second-order valence-corrected chi connectivity index (χ2v) is 7.20. The van der Waals surface area contributed by atoms with Crippen molar-refractivity contribution in [2.24, 2.45) is 11.8 Å². The molecule has 1 aliphatic rings. The number of hydrogen-bond donors (Lipinski definition) is 2. The van der Waals surface area contributed by atoms with E-state index in [1.807, 2.05) is 20.8 Å². The molecule has 0 saturated carbocycles. The third kappa shape index (κ3) is 3.63. The number of hydrogen-bond acceptors (Lipinski definition) is 4. The van der Waals surface area contributed by atoms with Crippen LogP contribution < -0.4 is 5.32 Å². The van der Waals surface area contributed by atoms with Crippen LogP contribution in [-0.4, -0.2) is 46.6 Å². The van der Waals surface area contributed by atoms with Gasteiger partial charge in [-0.3, -0.25) is 4.79 Å². The number of methoxy groups -OCH3 is 1. The lowest BCUT2D eigenvalue weighted by molar-refractivity contribution is -0.135. The minimum atomic E-state index is -0.670. The lowest BCUT2D eigenvalue weighted by Crippen LogP contribution is -2.51. The number of imidazole rings is 1. The topological polar surface area (TPSA) is 87.3 Å². The van der Waals surface area contributed by atoms with Crippen molar-refractivity contribution in [2.75, 3.05) is 13.7 Å². The number of alkyl carbamates (subject to hydrolysis) is 1. The second-order valence-electron chi connectivity index (χ2n) is 6.34. The van der Waals surface area contributed by atoms with Crippen molar-refractivity contribution >= 4 is 27.9 Å². The summed E-state index contributed by atoms with van der Waals surface area (Å²) in [6.07, 6.45) is 1.03. The molecule has 7 nitrogen and oxygen atoms in total. The molecule has 8 heteroatoms. The van der Waals surface area contributed by atoms with Crippen LogP contribution in [0.5, 0.6) is 0 Å². The maximum Gasteiger partial charge on any atom is 0.407 e. The maximum atomic E-state index is 13.1. The van der Waals surface area contributed by atoms with E-state index in [9.17, 15) is 9.59 Å². The van der Waals surface area contributed by atoms with Crippen LogP contribution in [0.3, 0.4) is 0 Å². The van der Waals surface area contributed by atoms with E-state index < -0.39 is 12.1 Å². The summed E-state index contributed by atoms with van der Waals surface area (Å²) in [5.74, 6) is 0.557. The highest BCUT2D eigenvalue weighted by atomic mass is 79.9. The summed E-state index contributed by atoms with van der Waals surface area (Å²) in [7, 11) is 1.28. The molecule has 2 amide bonds.